The van der Waals surface area contributed by atoms with Crippen molar-refractivity contribution >= 4 is 15.9 Å². The molecule has 1 aliphatic heterocycles. The standard InChI is InChI=1S/C8H14N2O3S/c1-14(12,13)10-7(11)6-4-8(2-3-8)5-9-6/h6,9H,2-5H2,1H3,(H,10,11)/t6-/m0/s1. The first-order valence-electron chi connectivity index (χ1n) is 4.65. The van der Waals surface area contributed by atoms with Gasteiger partial charge >= 0.3 is 0 Å². The molecule has 0 aromatic carbocycles. The maximum absolute atomic E-state index is 11.4. The predicted molar refractivity (Wildman–Crippen MR) is 51.1 cm³/mol. The third-order valence-corrected chi connectivity index (χ3v) is 3.49. The molecule has 5 nitrogen and oxygen atoms in total. The van der Waals surface area contributed by atoms with E-state index in [1.165, 1.54) is 0 Å². The Morgan fingerprint density at radius 2 is 2.14 bits per heavy atom. The minimum absolute atomic E-state index is 0.305. The number of hydrogen-bond donors (Lipinski definition) is 2. The van der Waals surface area contributed by atoms with Gasteiger partial charge in [0.05, 0.1) is 12.3 Å². The van der Waals surface area contributed by atoms with Gasteiger partial charge < -0.3 is 5.32 Å². The van der Waals surface area contributed by atoms with Gasteiger partial charge in [-0.05, 0) is 24.7 Å². The van der Waals surface area contributed by atoms with Crippen LogP contribution in [-0.4, -0.2) is 33.2 Å². The van der Waals surface area contributed by atoms with E-state index in [1.54, 1.807) is 0 Å². The van der Waals surface area contributed by atoms with Gasteiger partial charge in [-0.1, -0.05) is 0 Å². The summed E-state index contributed by atoms with van der Waals surface area (Å²) in [4.78, 5) is 11.4. The first kappa shape index (κ1) is 9.92. The van der Waals surface area contributed by atoms with Gasteiger partial charge in [0, 0.05) is 6.54 Å². The minimum Gasteiger partial charge on any atom is -0.305 e. The zero-order valence-electron chi connectivity index (χ0n) is 8.04. The first-order valence-corrected chi connectivity index (χ1v) is 6.54. The maximum Gasteiger partial charge on any atom is 0.250 e. The van der Waals surface area contributed by atoms with E-state index < -0.39 is 15.9 Å². The molecule has 80 valence electrons. The number of hydrogen-bond acceptors (Lipinski definition) is 4. The lowest BCUT2D eigenvalue weighted by molar-refractivity contribution is -0.121. The molecule has 1 heterocycles. The van der Waals surface area contributed by atoms with Crippen molar-refractivity contribution in [2.75, 3.05) is 12.8 Å². The SMILES string of the molecule is CS(=O)(=O)NC(=O)[C@@H]1CC2(CC2)CN1. The fourth-order valence-corrected chi connectivity index (χ4v) is 2.42. The fraction of sp³-hybridized carbons (Fsp3) is 0.875. The molecule has 2 aliphatic rings. The van der Waals surface area contributed by atoms with E-state index in [1.807, 2.05) is 4.72 Å². The summed E-state index contributed by atoms with van der Waals surface area (Å²) in [6.07, 6.45) is 4.08. The summed E-state index contributed by atoms with van der Waals surface area (Å²) in [6, 6.07) is -0.327. The van der Waals surface area contributed by atoms with Gasteiger partial charge in [0.2, 0.25) is 10.0 Å². The van der Waals surface area contributed by atoms with Crippen molar-refractivity contribution in [3.63, 3.8) is 0 Å². The highest BCUT2D eigenvalue weighted by atomic mass is 32.2. The second-order valence-corrected chi connectivity index (χ2v) is 6.12. The molecule has 0 aromatic heterocycles. The third kappa shape index (κ3) is 2.06. The zero-order chi connectivity index (χ0) is 10.4. The molecule has 0 bridgehead atoms. The van der Waals surface area contributed by atoms with Crippen LogP contribution in [0.3, 0.4) is 0 Å². The highest BCUT2D eigenvalue weighted by molar-refractivity contribution is 7.89. The lowest BCUT2D eigenvalue weighted by atomic mass is 10.0. The van der Waals surface area contributed by atoms with Crippen molar-refractivity contribution in [3.05, 3.63) is 0 Å². The van der Waals surface area contributed by atoms with E-state index in [-0.39, 0.29) is 6.04 Å². The topological polar surface area (TPSA) is 75.3 Å². The highest BCUT2D eigenvalue weighted by Gasteiger charge is 2.50. The van der Waals surface area contributed by atoms with Gasteiger partial charge in [-0.2, -0.15) is 0 Å². The molecule has 1 amide bonds. The van der Waals surface area contributed by atoms with E-state index in [0.717, 1.165) is 32.1 Å². The average molecular weight is 218 g/mol. The van der Waals surface area contributed by atoms with Gasteiger partial charge in [0.25, 0.3) is 5.91 Å². The maximum atomic E-state index is 11.4. The Morgan fingerprint density at radius 1 is 1.50 bits per heavy atom. The molecule has 2 N–H and O–H groups in total. The average Bonchev–Trinajstić information content (AvgIpc) is 2.57. The first-order chi connectivity index (χ1) is 6.40. The number of amides is 1. The predicted octanol–water partition coefficient (Wildman–Crippen LogP) is -0.796. The Bertz CT molecular complexity index is 359. The Morgan fingerprint density at radius 3 is 2.57 bits per heavy atom. The molecule has 1 atom stereocenters. The van der Waals surface area contributed by atoms with Gasteiger partial charge in [-0.3, -0.25) is 9.52 Å². The number of carbonyl (C=O) groups excluding carboxylic acids is 1. The molecular formula is C8H14N2O3S. The van der Waals surface area contributed by atoms with Crippen molar-refractivity contribution in [2.24, 2.45) is 5.41 Å². The Hall–Kier alpha value is -0.620. The third-order valence-electron chi connectivity index (χ3n) is 2.92. The van der Waals surface area contributed by atoms with Crippen LogP contribution in [0.25, 0.3) is 0 Å². The number of carbonyl (C=O) groups is 1. The molecule has 2 fully saturated rings. The molecule has 0 radical (unpaired) electrons. The van der Waals surface area contributed by atoms with E-state index >= 15 is 0 Å². The molecule has 6 heteroatoms. The lowest BCUT2D eigenvalue weighted by Crippen LogP contribution is -2.42. The van der Waals surface area contributed by atoms with Crippen LogP contribution in [0.5, 0.6) is 0 Å². The molecule has 0 aromatic rings. The number of sulfonamides is 1. The smallest absolute Gasteiger partial charge is 0.250 e. The summed E-state index contributed by atoms with van der Waals surface area (Å²) < 4.78 is 23.6. The van der Waals surface area contributed by atoms with Gasteiger partial charge in [0.15, 0.2) is 0 Å². The largest absolute Gasteiger partial charge is 0.305 e. The van der Waals surface area contributed by atoms with Crippen LogP contribution in [0.2, 0.25) is 0 Å². The molecule has 14 heavy (non-hydrogen) atoms. The van der Waals surface area contributed by atoms with Gasteiger partial charge in [0.1, 0.15) is 0 Å². The summed E-state index contributed by atoms with van der Waals surface area (Å²) in [5.74, 6) is -0.420. The highest BCUT2D eigenvalue weighted by Crippen LogP contribution is 2.51. The normalized spacial score (nSPS) is 29.1. The van der Waals surface area contributed by atoms with E-state index in [0.29, 0.717) is 5.41 Å². The second kappa shape index (κ2) is 2.93. The lowest BCUT2D eigenvalue weighted by Gasteiger charge is -2.09. The molecule has 2 rings (SSSR count). The summed E-state index contributed by atoms with van der Waals surface area (Å²) in [7, 11) is -3.42. The quantitative estimate of drug-likeness (QED) is 0.636. The van der Waals surface area contributed by atoms with Gasteiger partial charge in [-0.15, -0.1) is 0 Å². The van der Waals surface area contributed by atoms with Crippen LogP contribution in [0.15, 0.2) is 0 Å². The molecule has 1 aliphatic carbocycles. The number of rotatable bonds is 2. The van der Waals surface area contributed by atoms with Gasteiger partial charge in [-0.25, -0.2) is 8.42 Å². The van der Waals surface area contributed by atoms with Crippen molar-refractivity contribution in [2.45, 2.75) is 25.3 Å². The fourth-order valence-electron chi connectivity index (χ4n) is 1.91. The molecule has 1 saturated carbocycles. The van der Waals surface area contributed by atoms with E-state index in [9.17, 15) is 13.2 Å². The van der Waals surface area contributed by atoms with Crippen molar-refractivity contribution in [1.82, 2.24) is 10.0 Å². The monoisotopic (exact) mass is 218 g/mol. The molecular weight excluding hydrogens is 204 g/mol. The van der Waals surface area contributed by atoms with Crippen LogP contribution < -0.4 is 10.0 Å². The van der Waals surface area contributed by atoms with E-state index in [4.69, 9.17) is 0 Å². The summed E-state index contributed by atoms with van der Waals surface area (Å²) in [5.41, 5.74) is 0.305. The second-order valence-electron chi connectivity index (χ2n) is 4.38. The number of nitrogens with one attached hydrogen (secondary N) is 2. The van der Waals surface area contributed by atoms with Crippen LogP contribution in [0, 0.1) is 5.41 Å². The molecule has 1 saturated heterocycles. The Kier molecular flexibility index (Phi) is 2.08. The Balaban J connectivity index is 1.93. The summed E-state index contributed by atoms with van der Waals surface area (Å²) in [5, 5.41) is 3.06. The van der Waals surface area contributed by atoms with Crippen molar-refractivity contribution in [3.8, 4) is 0 Å². The Labute approximate surface area is 83.3 Å². The minimum atomic E-state index is -3.42. The van der Waals surface area contributed by atoms with E-state index in [2.05, 4.69) is 5.32 Å². The van der Waals surface area contributed by atoms with Crippen LogP contribution in [0.4, 0.5) is 0 Å². The van der Waals surface area contributed by atoms with Crippen molar-refractivity contribution < 1.29 is 13.2 Å². The summed E-state index contributed by atoms with van der Waals surface area (Å²) >= 11 is 0. The van der Waals surface area contributed by atoms with Crippen LogP contribution in [0.1, 0.15) is 19.3 Å². The van der Waals surface area contributed by atoms with Crippen molar-refractivity contribution in [1.29, 1.82) is 0 Å². The summed E-state index contributed by atoms with van der Waals surface area (Å²) in [6.45, 7) is 0.842. The van der Waals surface area contributed by atoms with Crippen LogP contribution in [-0.2, 0) is 14.8 Å². The molecule has 1 spiro atoms. The zero-order valence-corrected chi connectivity index (χ0v) is 8.86. The van der Waals surface area contributed by atoms with Crippen LogP contribution >= 0.6 is 0 Å². The molecule has 0 unspecified atom stereocenters.